The van der Waals surface area contributed by atoms with Gasteiger partial charge in [0.25, 0.3) is 0 Å². The molecule has 0 bridgehead atoms. The molecule has 0 spiro atoms. The fourth-order valence-corrected chi connectivity index (χ4v) is 6.08. The van der Waals surface area contributed by atoms with Gasteiger partial charge >= 0.3 is 12.4 Å². The summed E-state index contributed by atoms with van der Waals surface area (Å²) in [7, 11) is 0. The molecule has 4 N–H and O–H groups in total. The topological polar surface area (TPSA) is 52.0 Å². The lowest BCUT2D eigenvalue weighted by atomic mass is 9.72. The third kappa shape index (κ3) is 5.71. The van der Waals surface area contributed by atoms with Crippen LogP contribution in [0.15, 0.2) is 146 Å². The molecule has 8 heteroatoms. The minimum atomic E-state index is -5.71. The van der Waals surface area contributed by atoms with Crippen LogP contribution in [0.1, 0.15) is 11.1 Å². The Morgan fingerprint density at radius 2 is 0.553 bits per heavy atom. The number of anilines is 2. The van der Waals surface area contributed by atoms with Gasteiger partial charge in [0.05, 0.1) is 0 Å². The zero-order valence-electron chi connectivity index (χ0n) is 24.8. The predicted molar refractivity (Wildman–Crippen MR) is 176 cm³/mol. The molecule has 0 unspecified atom stereocenters. The zero-order valence-corrected chi connectivity index (χ0v) is 24.8. The van der Waals surface area contributed by atoms with E-state index in [1.807, 2.05) is 12.1 Å². The SMILES string of the molecule is Nc1ccc(-c2ccccc2-c2ccc(C(c3ccc(-c4ccccc4-c4ccc(N)cc4)cc3)(C(F)(F)F)C(F)(F)F)cc2)cc1. The first-order valence-corrected chi connectivity index (χ1v) is 14.7. The monoisotopic (exact) mass is 638 g/mol. The molecule has 0 aliphatic carbocycles. The van der Waals surface area contributed by atoms with Crippen molar-refractivity contribution in [1.29, 1.82) is 0 Å². The van der Waals surface area contributed by atoms with E-state index >= 15 is 0 Å². The molecular formula is C39H28F6N2. The number of alkyl halides is 6. The second kappa shape index (κ2) is 12.0. The smallest absolute Gasteiger partial charge is 0.399 e. The summed E-state index contributed by atoms with van der Waals surface area (Å²) in [4.78, 5) is 0. The molecule has 0 aliphatic rings. The largest absolute Gasteiger partial charge is 0.411 e. The normalized spacial score (nSPS) is 12.2. The van der Waals surface area contributed by atoms with E-state index in [0.717, 1.165) is 46.5 Å². The highest BCUT2D eigenvalue weighted by molar-refractivity contribution is 5.85. The van der Waals surface area contributed by atoms with Crippen molar-refractivity contribution in [2.45, 2.75) is 17.8 Å². The molecule has 0 radical (unpaired) electrons. The van der Waals surface area contributed by atoms with Gasteiger partial charge in [-0.05, 0) is 79.9 Å². The molecule has 0 aliphatic heterocycles. The Morgan fingerprint density at radius 3 is 0.787 bits per heavy atom. The maximum Gasteiger partial charge on any atom is 0.411 e. The van der Waals surface area contributed by atoms with Gasteiger partial charge in [0.1, 0.15) is 0 Å². The number of nitrogens with two attached hydrogens (primary N) is 2. The summed E-state index contributed by atoms with van der Waals surface area (Å²) in [6, 6.07) is 37.3. The second-order valence-electron chi connectivity index (χ2n) is 11.2. The fourth-order valence-electron chi connectivity index (χ4n) is 6.08. The van der Waals surface area contributed by atoms with Gasteiger partial charge in [-0.25, -0.2) is 0 Å². The quantitative estimate of drug-likeness (QED) is 0.141. The Kier molecular flexibility index (Phi) is 8.05. The van der Waals surface area contributed by atoms with Crippen LogP contribution >= 0.6 is 0 Å². The molecule has 0 amide bonds. The molecule has 6 aromatic carbocycles. The summed E-state index contributed by atoms with van der Waals surface area (Å²) in [5, 5.41) is 0. The molecule has 2 nitrogen and oxygen atoms in total. The maximum atomic E-state index is 15.0. The summed E-state index contributed by atoms with van der Waals surface area (Å²) >= 11 is 0. The van der Waals surface area contributed by atoms with E-state index in [1.54, 1.807) is 84.9 Å². The van der Waals surface area contributed by atoms with E-state index in [4.69, 9.17) is 11.5 Å². The Labute approximate surface area is 267 Å². The van der Waals surface area contributed by atoms with Gasteiger partial charge in [-0.2, -0.15) is 26.3 Å². The zero-order chi connectivity index (χ0) is 33.4. The number of hydrogen-bond acceptors (Lipinski definition) is 2. The summed E-state index contributed by atoms with van der Waals surface area (Å²) in [5.41, 5.74) is 12.0. The average Bonchev–Trinajstić information content (AvgIpc) is 3.05. The molecule has 236 valence electrons. The van der Waals surface area contributed by atoms with Gasteiger partial charge < -0.3 is 11.5 Å². The predicted octanol–water partition coefficient (Wildman–Crippen LogP) is 10.9. The van der Waals surface area contributed by atoms with Crippen molar-refractivity contribution >= 4 is 11.4 Å². The van der Waals surface area contributed by atoms with Crippen LogP contribution in [-0.2, 0) is 5.41 Å². The minimum absolute atomic E-state index is 0.467. The van der Waals surface area contributed by atoms with E-state index < -0.39 is 28.9 Å². The van der Waals surface area contributed by atoms with Crippen molar-refractivity contribution in [3.05, 3.63) is 157 Å². The highest BCUT2D eigenvalue weighted by Gasteiger charge is 2.72. The number of nitrogen functional groups attached to an aromatic ring is 2. The van der Waals surface area contributed by atoms with Gasteiger partial charge in [-0.15, -0.1) is 0 Å². The first-order chi connectivity index (χ1) is 22.4. The molecule has 6 aromatic rings. The van der Waals surface area contributed by atoms with E-state index in [2.05, 4.69) is 0 Å². The van der Waals surface area contributed by atoms with E-state index in [1.165, 1.54) is 24.3 Å². The fraction of sp³-hybridized carbons (Fsp3) is 0.0769. The third-order valence-electron chi connectivity index (χ3n) is 8.41. The van der Waals surface area contributed by atoms with Crippen LogP contribution in [0.4, 0.5) is 37.7 Å². The van der Waals surface area contributed by atoms with Gasteiger partial charge in [0, 0.05) is 11.4 Å². The van der Waals surface area contributed by atoms with Crippen molar-refractivity contribution < 1.29 is 26.3 Å². The van der Waals surface area contributed by atoms with Crippen molar-refractivity contribution in [3.8, 4) is 44.5 Å². The van der Waals surface area contributed by atoms with Gasteiger partial charge in [0.15, 0.2) is 0 Å². The van der Waals surface area contributed by atoms with Crippen molar-refractivity contribution in [1.82, 2.24) is 0 Å². The van der Waals surface area contributed by atoms with Crippen LogP contribution in [0.5, 0.6) is 0 Å². The molecule has 0 heterocycles. The first-order valence-electron chi connectivity index (χ1n) is 14.7. The number of rotatable bonds is 6. The molecule has 0 aromatic heterocycles. The van der Waals surface area contributed by atoms with E-state index in [9.17, 15) is 26.3 Å². The lowest BCUT2D eigenvalue weighted by Gasteiger charge is -2.38. The Balaban J connectivity index is 1.44. The van der Waals surface area contributed by atoms with Crippen molar-refractivity contribution in [2.75, 3.05) is 11.5 Å². The van der Waals surface area contributed by atoms with Crippen LogP contribution in [-0.4, -0.2) is 12.4 Å². The molecule has 47 heavy (non-hydrogen) atoms. The first kappa shape index (κ1) is 31.5. The lowest BCUT2D eigenvalue weighted by Crippen LogP contribution is -2.54. The Morgan fingerprint density at radius 1 is 0.319 bits per heavy atom. The highest BCUT2D eigenvalue weighted by Crippen LogP contribution is 2.56. The van der Waals surface area contributed by atoms with Crippen LogP contribution in [0.3, 0.4) is 0 Å². The standard InChI is InChI=1S/C39H28F6N2/c40-38(41,42)37(39(43,44)45,29-17-9-25(10-18-29)33-5-1-3-7-35(33)27-13-21-31(46)22-14-27)30-19-11-26(12-20-30)34-6-2-4-8-36(34)28-15-23-32(47)24-16-28/h1-24H,46-47H2. The van der Waals surface area contributed by atoms with Crippen molar-refractivity contribution in [3.63, 3.8) is 0 Å². The average molecular weight is 639 g/mol. The van der Waals surface area contributed by atoms with Gasteiger partial charge in [0.2, 0.25) is 5.41 Å². The highest BCUT2D eigenvalue weighted by atomic mass is 19.4. The van der Waals surface area contributed by atoms with Gasteiger partial charge in [-0.1, -0.05) is 121 Å². The minimum Gasteiger partial charge on any atom is -0.399 e. The number of hydrogen-bond donors (Lipinski definition) is 2. The van der Waals surface area contributed by atoms with E-state index in [-0.39, 0.29) is 0 Å². The van der Waals surface area contributed by atoms with Crippen LogP contribution in [0.2, 0.25) is 0 Å². The molecular weight excluding hydrogens is 610 g/mol. The molecule has 6 rings (SSSR count). The number of benzene rings is 6. The summed E-state index contributed by atoms with van der Waals surface area (Å²) in [6.45, 7) is 0. The number of halogens is 6. The third-order valence-corrected chi connectivity index (χ3v) is 8.41. The molecule has 0 saturated carbocycles. The molecule has 0 atom stereocenters. The van der Waals surface area contributed by atoms with Crippen LogP contribution in [0.25, 0.3) is 44.5 Å². The molecule has 0 fully saturated rings. The summed E-state index contributed by atoms with van der Waals surface area (Å²) < 4.78 is 89.9. The van der Waals surface area contributed by atoms with Gasteiger partial charge in [-0.3, -0.25) is 0 Å². The lowest BCUT2D eigenvalue weighted by molar-refractivity contribution is -0.288. The van der Waals surface area contributed by atoms with Crippen LogP contribution < -0.4 is 11.5 Å². The summed E-state index contributed by atoms with van der Waals surface area (Å²) in [5.74, 6) is 0. The molecule has 0 saturated heterocycles. The van der Waals surface area contributed by atoms with Crippen LogP contribution in [0, 0.1) is 0 Å². The van der Waals surface area contributed by atoms with Crippen molar-refractivity contribution in [2.24, 2.45) is 0 Å². The maximum absolute atomic E-state index is 15.0. The Hall–Kier alpha value is -5.50. The second-order valence-corrected chi connectivity index (χ2v) is 11.2. The van der Waals surface area contributed by atoms with E-state index in [0.29, 0.717) is 33.6 Å². The summed E-state index contributed by atoms with van der Waals surface area (Å²) in [6.07, 6.45) is -11.4. The Bertz CT molecular complexity index is 1840.